The number of hydrogen-bond donors (Lipinski definition) is 3. The summed E-state index contributed by atoms with van der Waals surface area (Å²) in [7, 11) is 0. The number of aromatic nitrogens is 1. The number of hydrogen-bond acceptors (Lipinski definition) is 4. The quantitative estimate of drug-likeness (QED) is 0.684. The summed E-state index contributed by atoms with van der Waals surface area (Å²) in [5.74, 6) is 0. The van der Waals surface area contributed by atoms with Gasteiger partial charge in [0.1, 0.15) is 0 Å². The van der Waals surface area contributed by atoms with Crippen LogP contribution in [0.4, 0.5) is 0 Å². The standard InChI is InChI=1S/C12H19N3O/c16-12(3-7-14-8-4-12)10-15-9-11-1-5-13-6-2-11/h1-2,5-6,14-16H,3-4,7-10H2. The van der Waals surface area contributed by atoms with E-state index in [1.807, 2.05) is 12.1 Å². The van der Waals surface area contributed by atoms with E-state index in [0.717, 1.165) is 32.5 Å². The first-order chi connectivity index (χ1) is 7.79. The molecular weight excluding hydrogens is 202 g/mol. The molecule has 0 bridgehead atoms. The maximum atomic E-state index is 10.2. The van der Waals surface area contributed by atoms with Crippen LogP contribution in [0.1, 0.15) is 18.4 Å². The van der Waals surface area contributed by atoms with Gasteiger partial charge >= 0.3 is 0 Å². The molecule has 1 aromatic heterocycles. The number of nitrogens with one attached hydrogen (secondary N) is 2. The van der Waals surface area contributed by atoms with Gasteiger partial charge < -0.3 is 15.7 Å². The predicted molar refractivity (Wildman–Crippen MR) is 63.0 cm³/mol. The van der Waals surface area contributed by atoms with E-state index >= 15 is 0 Å². The summed E-state index contributed by atoms with van der Waals surface area (Å²) >= 11 is 0. The zero-order chi connectivity index (χ0) is 11.3. The van der Waals surface area contributed by atoms with Gasteiger partial charge in [-0.3, -0.25) is 4.98 Å². The van der Waals surface area contributed by atoms with Crippen molar-refractivity contribution in [3.05, 3.63) is 30.1 Å². The number of aliphatic hydroxyl groups is 1. The fourth-order valence-electron chi connectivity index (χ4n) is 2.01. The Labute approximate surface area is 96.1 Å². The summed E-state index contributed by atoms with van der Waals surface area (Å²) in [5, 5.41) is 16.8. The summed E-state index contributed by atoms with van der Waals surface area (Å²) in [4.78, 5) is 3.97. The average Bonchev–Trinajstić information content (AvgIpc) is 2.31. The molecule has 4 nitrogen and oxygen atoms in total. The fourth-order valence-corrected chi connectivity index (χ4v) is 2.01. The van der Waals surface area contributed by atoms with E-state index in [4.69, 9.17) is 0 Å². The number of rotatable bonds is 4. The summed E-state index contributed by atoms with van der Waals surface area (Å²) < 4.78 is 0. The normalized spacial score (nSPS) is 19.6. The fraction of sp³-hybridized carbons (Fsp3) is 0.583. The van der Waals surface area contributed by atoms with E-state index in [2.05, 4.69) is 15.6 Å². The van der Waals surface area contributed by atoms with Crippen molar-refractivity contribution >= 4 is 0 Å². The lowest BCUT2D eigenvalue weighted by molar-refractivity contribution is 0.0109. The molecular formula is C12H19N3O. The maximum Gasteiger partial charge on any atom is 0.0795 e. The molecule has 16 heavy (non-hydrogen) atoms. The van der Waals surface area contributed by atoms with Crippen LogP contribution in [0.2, 0.25) is 0 Å². The van der Waals surface area contributed by atoms with Crippen molar-refractivity contribution in [1.29, 1.82) is 0 Å². The third-order valence-electron chi connectivity index (χ3n) is 3.07. The van der Waals surface area contributed by atoms with Crippen molar-refractivity contribution in [1.82, 2.24) is 15.6 Å². The molecule has 2 heterocycles. The van der Waals surface area contributed by atoms with Crippen LogP contribution < -0.4 is 10.6 Å². The molecule has 0 aromatic carbocycles. The van der Waals surface area contributed by atoms with Crippen LogP contribution in [-0.2, 0) is 6.54 Å². The lowest BCUT2D eigenvalue weighted by Crippen LogP contribution is -2.48. The molecule has 1 aromatic rings. The third kappa shape index (κ3) is 3.27. The van der Waals surface area contributed by atoms with Crippen molar-refractivity contribution < 1.29 is 5.11 Å². The molecule has 0 spiro atoms. The van der Waals surface area contributed by atoms with E-state index in [0.29, 0.717) is 6.54 Å². The first kappa shape index (κ1) is 11.5. The summed E-state index contributed by atoms with van der Waals surface area (Å²) in [6.45, 7) is 3.27. The van der Waals surface area contributed by atoms with Gasteiger partial charge in [-0.05, 0) is 43.6 Å². The molecule has 1 aliphatic rings. The van der Waals surface area contributed by atoms with Gasteiger partial charge in [0.25, 0.3) is 0 Å². The minimum absolute atomic E-state index is 0.529. The first-order valence-electron chi connectivity index (χ1n) is 5.81. The van der Waals surface area contributed by atoms with Gasteiger partial charge in [-0.1, -0.05) is 0 Å². The Bertz CT molecular complexity index is 309. The SMILES string of the molecule is OC1(CNCc2ccncc2)CCNCC1. The molecule has 0 aliphatic carbocycles. The highest BCUT2D eigenvalue weighted by Gasteiger charge is 2.28. The topological polar surface area (TPSA) is 57.2 Å². The number of pyridine rings is 1. The second-order valence-corrected chi connectivity index (χ2v) is 4.43. The molecule has 0 atom stereocenters. The van der Waals surface area contributed by atoms with E-state index < -0.39 is 5.60 Å². The van der Waals surface area contributed by atoms with Gasteiger partial charge in [0, 0.05) is 25.5 Å². The molecule has 3 N–H and O–H groups in total. The monoisotopic (exact) mass is 221 g/mol. The van der Waals surface area contributed by atoms with Gasteiger partial charge in [0.15, 0.2) is 0 Å². The van der Waals surface area contributed by atoms with Crippen molar-refractivity contribution in [3.63, 3.8) is 0 Å². The summed E-state index contributed by atoms with van der Waals surface area (Å²) in [6, 6.07) is 3.97. The highest BCUT2D eigenvalue weighted by atomic mass is 16.3. The molecule has 4 heteroatoms. The molecule has 1 aliphatic heterocycles. The van der Waals surface area contributed by atoms with Crippen molar-refractivity contribution in [2.75, 3.05) is 19.6 Å². The zero-order valence-corrected chi connectivity index (χ0v) is 9.45. The Balaban J connectivity index is 1.75. The Morgan fingerprint density at radius 3 is 2.69 bits per heavy atom. The first-order valence-corrected chi connectivity index (χ1v) is 5.81. The Kier molecular flexibility index (Phi) is 3.88. The average molecular weight is 221 g/mol. The summed E-state index contributed by atoms with van der Waals surface area (Å²) in [6.07, 6.45) is 5.24. The molecule has 88 valence electrons. The van der Waals surface area contributed by atoms with E-state index in [-0.39, 0.29) is 0 Å². The van der Waals surface area contributed by atoms with E-state index in [1.165, 1.54) is 5.56 Å². The zero-order valence-electron chi connectivity index (χ0n) is 9.45. The molecule has 0 saturated carbocycles. The molecule has 0 unspecified atom stereocenters. The largest absolute Gasteiger partial charge is 0.388 e. The second-order valence-electron chi connectivity index (χ2n) is 4.43. The van der Waals surface area contributed by atoms with E-state index in [9.17, 15) is 5.11 Å². The highest BCUT2D eigenvalue weighted by Crippen LogP contribution is 2.16. The van der Waals surface area contributed by atoms with Gasteiger partial charge in [-0.25, -0.2) is 0 Å². The third-order valence-corrected chi connectivity index (χ3v) is 3.07. The van der Waals surface area contributed by atoms with Crippen LogP contribution in [0.5, 0.6) is 0 Å². The van der Waals surface area contributed by atoms with Crippen molar-refractivity contribution in [3.8, 4) is 0 Å². The molecule has 1 fully saturated rings. The number of nitrogens with zero attached hydrogens (tertiary/aromatic N) is 1. The van der Waals surface area contributed by atoms with Crippen molar-refractivity contribution in [2.24, 2.45) is 0 Å². The molecule has 2 rings (SSSR count). The Morgan fingerprint density at radius 1 is 1.31 bits per heavy atom. The summed E-state index contributed by atoms with van der Waals surface area (Å²) in [5.41, 5.74) is 0.672. The Morgan fingerprint density at radius 2 is 2.00 bits per heavy atom. The lowest BCUT2D eigenvalue weighted by atomic mass is 9.92. The van der Waals surface area contributed by atoms with Crippen molar-refractivity contribution in [2.45, 2.75) is 25.0 Å². The van der Waals surface area contributed by atoms with Gasteiger partial charge in [-0.2, -0.15) is 0 Å². The predicted octanol–water partition coefficient (Wildman–Crippen LogP) is 0.286. The van der Waals surface area contributed by atoms with Crippen LogP contribution in [-0.4, -0.2) is 35.3 Å². The molecule has 0 radical (unpaired) electrons. The van der Waals surface area contributed by atoms with Crippen LogP contribution in [0, 0.1) is 0 Å². The smallest absolute Gasteiger partial charge is 0.0795 e. The highest BCUT2D eigenvalue weighted by molar-refractivity contribution is 5.09. The number of piperidine rings is 1. The minimum Gasteiger partial charge on any atom is -0.388 e. The maximum absolute atomic E-state index is 10.2. The van der Waals surface area contributed by atoms with Crippen LogP contribution in [0.15, 0.2) is 24.5 Å². The van der Waals surface area contributed by atoms with Crippen LogP contribution >= 0.6 is 0 Å². The molecule has 0 amide bonds. The Hall–Kier alpha value is -0.970. The second kappa shape index (κ2) is 5.39. The van der Waals surface area contributed by atoms with E-state index in [1.54, 1.807) is 12.4 Å². The van der Waals surface area contributed by atoms with Gasteiger partial charge in [-0.15, -0.1) is 0 Å². The van der Waals surface area contributed by atoms with Gasteiger partial charge in [0.2, 0.25) is 0 Å². The van der Waals surface area contributed by atoms with Crippen LogP contribution in [0.3, 0.4) is 0 Å². The van der Waals surface area contributed by atoms with Gasteiger partial charge in [0.05, 0.1) is 5.60 Å². The van der Waals surface area contributed by atoms with Crippen LogP contribution in [0.25, 0.3) is 0 Å². The molecule has 1 saturated heterocycles. The lowest BCUT2D eigenvalue weighted by Gasteiger charge is -2.32. The minimum atomic E-state index is -0.529.